The Morgan fingerprint density at radius 3 is 2.83 bits per heavy atom. The van der Waals surface area contributed by atoms with Gasteiger partial charge in [0.2, 0.25) is 0 Å². The Labute approximate surface area is 141 Å². The quantitative estimate of drug-likeness (QED) is 0.784. The lowest BCUT2D eigenvalue weighted by molar-refractivity contribution is -0.108. The number of nitrogens with zero attached hydrogens (tertiary/aromatic N) is 3. The number of benzene rings is 1. The van der Waals surface area contributed by atoms with Crippen molar-refractivity contribution in [1.29, 1.82) is 0 Å². The van der Waals surface area contributed by atoms with Gasteiger partial charge in [-0.15, -0.1) is 0 Å². The summed E-state index contributed by atoms with van der Waals surface area (Å²) in [6, 6.07) is 8.55. The van der Waals surface area contributed by atoms with Crippen LogP contribution in [0.5, 0.6) is 0 Å². The first-order valence-corrected chi connectivity index (χ1v) is 8.91. The molecule has 1 saturated heterocycles. The van der Waals surface area contributed by atoms with Gasteiger partial charge in [0.15, 0.2) is 5.13 Å². The van der Waals surface area contributed by atoms with Gasteiger partial charge in [-0.3, -0.25) is 0 Å². The molecule has 1 aliphatic rings. The van der Waals surface area contributed by atoms with E-state index >= 15 is 0 Å². The Morgan fingerprint density at radius 1 is 1.35 bits per heavy atom. The third-order valence-corrected chi connectivity index (χ3v) is 5.56. The van der Waals surface area contributed by atoms with Crippen LogP contribution in [0, 0.1) is 5.92 Å². The molecule has 0 spiro atoms. The summed E-state index contributed by atoms with van der Waals surface area (Å²) in [6.45, 7) is 2.01. The molecule has 1 aromatic carbocycles. The zero-order valence-corrected chi connectivity index (χ0v) is 14.6. The second kappa shape index (κ2) is 7.13. The predicted octanol–water partition coefficient (Wildman–Crippen LogP) is 3.68. The highest BCUT2D eigenvalue weighted by Crippen LogP contribution is 2.34. The number of rotatable bonds is 5. The highest BCUT2D eigenvalue weighted by Gasteiger charge is 2.21. The van der Waals surface area contributed by atoms with E-state index in [0.717, 1.165) is 37.3 Å². The van der Waals surface area contributed by atoms with Crippen molar-refractivity contribution in [3.63, 3.8) is 0 Å². The van der Waals surface area contributed by atoms with E-state index in [0.29, 0.717) is 12.3 Å². The smallest absolute Gasteiger partial charge is 0.185 e. The standard InChI is InChI=1S/C18H23N3OS/c1-20(2)16-5-3-4-15(12-16)17-13-19-18(23-17)21-9-6-14(7-10-21)8-11-22/h3-5,11-14H,6-10H2,1-2H3. The van der Waals surface area contributed by atoms with E-state index in [2.05, 4.69) is 53.1 Å². The minimum atomic E-state index is 0.556. The van der Waals surface area contributed by atoms with Crippen molar-refractivity contribution < 1.29 is 4.79 Å². The third-order valence-electron chi connectivity index (χ3n) is 4.46. The van der Waals surface area contributed by atoms with Crippen LogP contribution >= 0.6 is 11.3 Å². The number of anilines is 2. The summed E-state index contributed by atoms with van der Waals surface area (Å²) in [5.41, 5.74) is 2.42. The molecule has 2 aromatic rings. The largest absolute Gasteiger partial charge is 0.378 e. The van der Waals surface area contributed by atoms with Crippen LogP contribution in [0.4, 0.5) is 10.8 Å². The highest BCUT2D eigenvalue weighted by atomic mass is 32.1. The molecule has 0 radical (unpaired) electrons. The van der Waals surface area contributed by atoms with Gasteiger partial charge in [0, 0.05) is 45.5 Å². The molecular weight excluding hydrogens is 306 g/mol. The van der Waals surface area contributed by atoms with Crippen molar-refractivity contribution in [3.05, 3.63) is 30.5 Å². The second-order valence-corrected chi connectivity index (χ2v) is 7.29. The van der Waals surface area contributed by atoms with Crippen LogP contribution in [0.2, 0.25) is 0 Å². The molecule has 0 saturated carbocycles. The molecule has 1 fully saturated rings. The predicted molar refractivity (Wildman–Crippen MR) is 97.5 cm³/mol. The lowest BCUT2D eigenvalue weighted by Gasteiger charge is -2.30. The lowest BCUT2D eigenvalue weighted by atomic mass is 9.94. The van der Waals surface area contributed by atoms with Gasteiger partial charge in [-0.25, -0.2) is 4.98 Å². The van der Waals surface area contributed by atoms with E-state index in [-0.39, 0.29) is 0 Å². The summed E-state index contributed by atoms with van der Waals surface area (Å²) in [4.78, 5) is 20.9. The molecule has 0 unspecified atom stereocenters. The maximum atomic E-state index is 10.6. The maximum absolute atomic E-state index is 10.6. The fraction of sp³-hybridized carbons (Fsp3) is 0.444. The number of carbonyl (C=O) groups is 1. The third kappa shape index (κ3) is 3.72. The molecule has 0 atom stereocenters. The van der Waals surface area contributed by atoms with E-state index in [1.54, 1.807) is 11.3 Å². The van der Waals surface area contributed by atoms with Gasteiger partial charge in [0.05, 0.1) is 4.88 Å². The van der Waals surface area contributed by atoms with Crippen LogP contribution in [0.15, 0.2) is 30.5 Å². The number of hydrogen-bond acceptors (Lipinski definition) is 5. The molecule has 5 heteroatoms. The lowest BCUT2D eigenvalue weighted by Crippen LogP contribution is -2.33. The Bertz CT molecular complexity index is 660. The summed E-state index contributed by atoms with van der Waals surface area (Å²) in [7, 11) is 4.11. The van der Waals surface area contributed by atoms with Crippen LogP contribution in [0.1, 0.15) is 19.3 Å². The van der Waals surface area contributed by atoms with Gasteiger partial charge >= 0.3 is 0 Å². The van der Waals surface area contributed by atoms with Crippen LogP contribution in [0.3, 0.4) is 0 Å². The van der Waals surface area contributed by atoms with Crippen LogP contribution in [-0.2, 0) is 4.79 Å². The van der Waals surface area contributed by atoms with Gasteiger partial charge in [0.1, 0.15) is 6.29 Å². The van der Waals surface area contributed by atoms with Crippen molar-refractivity contribution in [2.45, 2.75) is 19.3 Å². The first kappa shape index (κ1) is 16.0. The zero-order chi connectivity index (χ0) is 16.2. The zero-order valence-electron chi connectivity index (χ0n) is 13.7. The summed E-state index contributed by atoms with van der Waals surface area (Å²) in [5.74, 6) is 0.556. The second-order valence-electron chi connectivity index (χ2n) is 6.28. The molecule has 23 heavy (non-hydrogen) atoms. The minimum Gasteiger partial charge on any atom is -0.378 e. The number of thiazole rings is 1. The highest BCUT2D eigenvalue weighted by molar-refractivity contribution is 7.18. The molecule has 0 aliphatic carbocycles. The first-order chi connectivity index (χ1) is 11.2. The average molecular weight is 329 g/mol. The number of carbonyl (C=O) groups excluding carboxylic acids is 1. The van der Waals surface area contributed by atoms with Crippen LogP contribution < -0.4 is 9.80 Å². The number of aldehydes is 1. The summed E-state index contributed by atoms with van der Waals surface area (Å²) >= 11 is 1.75. The van der Waals surface area contributed by atoms with E-state index < -0.39 is 0 Å². The Morgan fingerprint density at radius 2 is 2.13 bits per heavy atom. The van der Waals surface area contributed by atoms with Crippen LogP contribution in [-0.4, -0.2) is 38.5 Å². The van der Waals surface area contributed by atoms with Gasteiger partial charge in [-0.05, 0) is 36.5 Å². The molecule has 0 bridgehead atoms. The first-order valence-electron chi connectivity index (χ1n) is 8.09. The van der Waals surface area contributed by atoms with Gasteiger partial charge < -0.3 is 14.6 Å². The van der Waals surface area contributed by atoms with Crippen molar-refractivity contribution in [2.75, 3.05) is 37.0 Å². The van der Waals surface area contributed by atoms with E-state index in [4.69, 9.17) is 0 Å². The average Bonchev–Trinajstić information content (AvgIpc) is 3.06. The van der Waals surface area contributed by atoms with E-state index in [9.17, 15) is 4.79 Å². The van der Waals surface area contributed by atoms with Gasteiger partial charge in [-0.2, -0.15) is 0 Å². The minimum absolute atomic E-state index is 0.556. The molecule has 0 N–H and O–H groups in total. The van der Waals surface area contributed by atoms with Crippen molar-refractivity contribution in [1.82, 2.24) is 4.98 Å². The maximum Gasteiger partial charge on any atom is 0.185 e. The fourth-order valence-electron chi connectivity index (χ4n) is 2.98. The molecular formula is C18H23N3OS. The molecule has 2 heterocycles. The Kier molecular flexibility index (Phi) is 4.96. The van der Waals surface area contributed by atoms with E-state index in [1.807, 2.05) is 6.20 Å². The number of hydrogen-bond donors (Lipinski definition) is 0. The molecule has 3 rings (SSSR count). The van der Waals surface area contributed by atoms with Crippen molar-refractivity contribution in [2.24, 2.45) is 5.92 Å². The number of piperidine rings is 1. The molecule has 4 nitrogen and oxygen atoms in total. The van der Waals surface area contributed by atoms with E-state index in [1.165, 1.54) is 16.1 Å². The number of aromatic nitrogens is 1. The van der Waals surface area contributed by atoms with Crippen molar-refractivity contribution >= 4 is 28.4 Å². The monoisotopic (exact) mass is 329 g/mol. The Balaban J connectivity index is 1.71. The summed E-state index contributed by atoms with van der Waals surface area (Å²) in [5, 5.41) is 1.10. The normalized spacial score (nSPS) is 15.7. The molecule has 1 aliphatic heterocycles. The van der Waals surface area contributed by atoms with Crippen molar-refractivity contribution in [3.8, 4) is 10.4 Å². The van der Waals surface area contributed by atoms with Crippen LogP contribution in [0.25, 0.3) is 10.4 Å². The SMILES string of the molecule is CN(C)c1cccc(-c2cnc(N3CCC(CC=O)CC3)s2)c1. The van der Waals surface area contributed by atoms with Gasteiger partial charge in [-0.1, -0.05) is 23.5 Å². The molecule has 0 amide bonds. The summed E-state index contributed by atoms with van der Waals surface area (Å²) in [6.07, 6.45) is 5.91. The van der Waals surface area contributed by atoms with Gasteiger partial charge in [0.25, 0.3) is 0 Å². The molecule has 1 aromatic heterocycles. The summed E-state index contributed by atoms with van der Waals surface area (Å²) < 4.78 is 0. The molecule has 122 valence electrons. The topological polar surface area (TPSA) is 36.4 Å². The fourth-order valence-corrected chi connectivity index (χ4v) is 3.94. The Hall–Kier alpha value is -1.88.